The van der Waals surface area contributed by atoms with Crippen molar-refractivity contribution >= 4 is 39.6 Å². The van der Waals surface area contributed by atoms with Gasteiger partial charge < -0.3 is 9.47 Å². The number of hydrogen-bond acceptors (Lipinski definition) is 7. The van der Waals surface area contributed by atoms with Gasteiger partial charge in [-0.3, -0.25) is 19.7 Å². The van der Waals surface area contributed by atoms with Gasteiger partial charge in [0, 0.05) is 12.1 Å². The normalized spacial score (nSPS) is 29.0. The van der Waals surface area contributed by atoms with Gasteiger partial charge >= 0.3 is 0 Å². The molecule has 1 heterocycles. The van der Waals surface area contributed by atoms with E-state index >= 15 is 0 Å². The van der Waals surface area contributed by atoms with Gasteiger partial charge in [-0.05, 0) is 88.3 Å². The minimum Gasteiger partial charge on any atom is -0.490 e. The van der Waals surface area contributed by atoms with Crippen molar-refractivity contribution in [1.29, 1.82) is 0 Å². The van der Waals surface area contributed by atoms with Crippen LogP contribution in [0.25, 0.3) is 0 Å². The van der Waals surface area contributed by atoms with Gasteiger partial charge in [0.05, 0.1) is 34.1 Å². The maximum atomic E-state index is 13.2. The summed E-state index contributed by atoms with van der Waals surface area (Å²) >= 11 is 3.52. The van der Waals surface area contributed by atoms with E-state index < -0.39 is 4.92 Å². The summed E-state index contributed by atoms with van der Waals surface area (Å²) in [4.78, 5) is 36.7. The predicted molar refractivity (Wildman–Crippen MR) is 137 cm³/mol. The molecule has 1 saturated heterocycles. The Bertz CT molecular complexity index is 1320. The van der Waals surface area contributed by atoms with Crippen molar-refractivity contribution in [2.24, 2.45) is 40.6 Å². The highest BCUT2D eigenvalue weighted by Crippen LogP contribution is 2.65. The molecule has 5 aliphatic rings. The number of hydrazone groups is 1. The monoisotopic (exact) mass is 565 g/mol. The van der Waals surface area contributed by atoms with E-state index in [0.717, 1.165) is 17.0 Å². The second kappa shape index (κ2) is 9.09. The van der Waals surface area contributed by atoms with Crippen LogP contribution in [0.15, 0.2) is 58.1 Å². The van der Waals surface area contributed by atoms with Crippen LogP contribution in [0.1, 0.15) is 24.5 Å². The SMILES string of the molecule is CCOc1cc(/C=N\N2C(=O)[C@@H]3[C@H]4C=C[C@@H]([C@@H]5C[C@@H]45)[C@H]3C2=O)cc(Br)c1OCc1ccc([N+](=O)[O-])cc1. The Morgan fingerprint density at radius 3 is 2.32 bits per heavy atom. The number of nitro benzene ring substituents is 1. The Kier molecular flexibility index (Phi) is 5.86. The fourth-order valence-electron chi connectivity index (χ4n) is 6.11. The molecule has 2 amide bonds. The van der Waals surface area contributed by atoms with Crippen molar-refractivity contribution in [3.8, 4) is 11.5 Å². The van der Waals surface area contributed by atoms with Crippen molar-refractivity contribution in [1.82, 2.24) is 5.01 Å². The summed E-state index contributed by atoms with van der Waals surface area (Å²) in [5, 5.41) is 16.2. The number of allylic oxidation sites excluding steroid dienone is 2. The van der Waals surface area contributed by atoms with Crippen molar-refractivity contribution in [3.63, 3.8) is 0 Å². The Morgan fingerprint density at radius 2 is 1.73 bits per heavy atom. The first-order valence-corrected chi connectivity index (χ1v) is 13.1. The molecule has 0 radical (unpaired) electrons. The Balaban J connectivity index is 1.19. The third kappa shape index (κ3) is 4.03. The summed E-state index contributed by atoms with van der Waals surface area (Å²) in [7, 11) is 0. The number of hydrogen-bond donors (Lipinski definition) is 0. The average molecular weight is 566 g/mol. The second-order valence-corrected chi connectivity index (χ2v) is 10.7. The first-order valence-electron chi connectivity index (χ1n) is 12.3. The van der Waals surface area contributed by atoms with E-state index in [2.05, 4.69) is 33.2 Å². The van der Waals surface area contributed by atoms with E-state index in [0.29, 0.717) is 40.0 Å². The van der Waals surface area contributed by atoms with E-state index in [-0.39, 0.29) is 47.8 Å². The second-order valence-electron chi connectivity index (χ2n) is 9.86. The minimum atomic E-state index is -0.449. The van der Waals surface area contributed by atoms with Crippen molar-refractivity contribution in [3.05, 3.63) is 74.3 Å². The molecule has 4 aliphatic carbocycles. The van der Waals surface area contributed by atoms with E-state index in [1.807, 2.05) is 6.92 Å². The number of rotatable bonds is 8. The molecular formula is C27H24BrN3O6. The maximum Gasteiger partial charge on any atom is 0.269 e. The molecule has 7 rings (SSSR count). The third-order valence-electron chi connectivity index (χ3n) is 7.82. The molecule has 0 N–H and O–H groups in total. The van der Waals surface area contributed by atoms with Crippen LogP contribution in [-0.2, 0) is 16.2 Å². The lowest BCUT2D eigenvalue weighted by atomic mass is 9.63. The molecular weight excluding hydrogens is 542 g/mol. The number of non-ortho nitro benzene ring substituents is 1. The zero-order valence-corrected chi connectivity index (χ0v) is 21.5. The van der Waals surface area contributed by atoms with Crippen LogP contribution in [0.3, 0.4) is 0 Å². The van der Waals surface area contributed by atoms with Crippen LogP contribution in [0.4, 0.5) is 5.69 Å². The van der Waals surface area contributed by atoms with Gasteiger partial charge in [-0.1, -0.05) is 12.2 Å². The number of nitrogens with zero attached hydrogens (tertiary/aromatic N) is 3. The highest BCUT2D eigenvalue weighted by atomic mass is 79.9. The summed E-state index contributed by atoms with van der Waals surface area (Å²) in [5.41, 5.74) is 1.41. The number of benzene rings is 2. The third-order valence-corrected chi connectivity index (χ3v) is 8.41. The number of halogens is 1. The van der Waals surface area contributed by atoms with Crippen LogP contribution < -0.4 is 9.47 Å². The molecule has 0 spiro atoms. The standard InChI is InChI=1S/C27H24BrN3O6/c1-2-36-22-10-15(9-21(28)25(22)37-13-14-3-5-16(6-4-14)31(34)35)12-29-30-26(32)23-17-7-8-18(20-11-19(17)20)24(23)27(30)33/h3-10,12,17-20,23-24H,2,11,13H2,1H3/b29-12-/t17-,18-,19-,20-,23+,24+/m0/s1. The molecule has 2 aromatic carbocycles. The molecule has 37 heavy (non-hydrogen) atoms. The summed E-state index contributed by atoms with van der Waals surface area (Å²) in [6, 6.07) is 9.65. The van der Waals surface area contributed by atoms with Crippen LogP contribution in [0.5, 0.6) is 11.5 Å². The van der Waals surface area contributed by atoms with Crippen LogP contribution >= 0.6 is 15.9 Å². The molecule has 2 aromatic rings. The van der Waals surface area contributed by atoms with Crippen LogP contribution in [0.2, 0.25) is 0 Å². The maximum absolute atomic E-state index is 13.2. The minimum absolute atomic E-state index is 0.0125. The number of carbonyl (C=O) groups is 2. The molecule has 0 unspecified atom stereocenters. The van der Waals surface area contributed by atoms with Crippen molar-refractivity contribution < 1.29 is 24.0 Å². The first-order chi connectivity index (χ1) is 17.9. The summed E-state index contributed by atoms with van der Waals surface area (Å²) in [6.45, 7) is 2.43. The largest absolute Gasteiger partial charge is 0.490 e. The summed E-state index contributed by atoms with van der Waals surface area (Å²) in [6.07, 6.45) is 6.89. The zero-order chi connectivity index (χ0) is 25.8. The zero-order valence-electron chi connectivity index (χ0n) is 20.0. The molecule has 2 bridgehead atoms. The van der Waals surface area contributed by atoms with Gasteiger partial charge in [0.15, 0.2) is 11.5 Å². The fourth-order valence-corrected chi connectivity index (χ4v) is 6.69. The van der Waals surface area contributed by atoms with E-state index in [1.165, 1.54) is 18.3 Å². The number of carbonyl (C=O) groups excluding carboxylic acids is 2. The molecule has 6 atom stereocenters. The van der Waals surface area contributed by atoms with Gasteiger partial charge in [0.2, 0.25) is 0 Å². The Labute approximate surface area is 221 Å². The average Bonchev–Trinajstić information content (AvgIpc) is 3.67. The molecule has 10 heteroatoms. The molecule has 2 saturated carbocycles. The first kappa shape index (κ1) is 23.8. The van der Waals surface area contributed by atoms with Crippen LogP contribution in [-0.4, -0.2) is 34.6 Å². The number of ether oxygens (including phenoxy) is 2. The van der Waals surface area contributed by atoms with E-state index in [1.54, 1.807) is 24.3 Å². The van der Waals surface area contributed by atoms with Gasteiger partial charge in [-0.25, -0.2) is 0 Å². The molecule has 9 nitrogen and oxygen atoms in total. The van der Waals surface area contributed by atoms with Gasteiger partial charge in [0.25, 0.3) is 17.5 Å². The highest BCUT2D eigenvalue weighted by molar-refractivity contribution is 9.10. The van der Waals surface area contributed by atoms with Crippen LogP contribution in [0, 0.1) is 45.6 Å². The Morgan fingerprint density at radius 1 is 1.08 bits per heavy atom. The Hall–Kier alpha value is -3.53. The van der Waals surface area contributed by atoms with Gasteiger partial charge in [0.1, 0.15) is 6.61 Å². The molecule has 1 aliphatic heterocycles. The van der Waals surface area contributed by atoms with Gasteiger partial charge in [-0.2, -0.15) is 10.1 Å². The van der Waals surface area contributed by atoms with Crippen molar-refractivity contribution in [2.75, 3.05) is 6.61 Å². The topological polar surface area (TPSA) is 111 Å². The lowest BCUT2D eigenvalue weighted by Gasteiger charge is -2.37. The molecule has 0 aromatic heterocycles. The molecule has 3 fully saturated rings. The summed E-state index contributed by atoms with van der Waals surface area (Å²) < 4.78 is 12.4. The summed E-state index contributed by atoms with van der Waals surface area (Å²) in [5.74, 6) is 1.35. The lowest BCUT2D eigenvalue weighted by Crippen LogP contribution is -2.40. The van der Waals surface area contributed by atoms with Crippen molar-refractivity contribution in [2.45, 2.75) is 20.0 Å². The predicted octanol–water partition coefficient (Wildman–Crippen LogP) is 4.72. The van der Waals surface area contributed by atoms with E-state index in [4.69, 9.17) is 9.47 Å². The fraction of sp³-hybridized carbons (Fsp3) is 0.370. The van der Waals surface area contributed by atoms with Gasteiger partial charge in [-0.15, -0.1) is 0 Å². The lowest BCUT2D eigenvalue weighted by molar-refractivity contribution is -0.384. The number of nitro groups is 1. The number of amides is 2. The number of imide groups is 1. The van der Waals surface area contributed by atoms with E-state index in [9.17, 15) is 19.7 Å². The smallest absolute Gasteiger partial charge is 0.269 e. The highest BCUT2D eigenvalue weighted by Gasteiger charge is 2.67. The molecule has 190 valence electrons. The quantitative estimate of drug-likeness (QED) is 0.150.